The molecule has 0 aliphatic heterocycles. The first-order chi connectivity index (χ1) is 5.83. The zero-order valence-corrected chi connectivity index (χ0v) is 7.64. The summed E-state index contributed by atoms with van der Waals surface area (Å²) in [4.78, 5) is 4.03. The normalized spacial score (nSPS) is 11.2. The Balaban J connectivity index is 2.24. The van der Waals surface area contributed by atoms with Gasteiger partial charge in [0.2, 0.25) is 5.89 Å². The van der Waals surface area contributed by atoms with Crippen molar-refractivity contribution in [3.05, 3.63) is 29.5 Å². The molecule has 0 fully saturated rings. The summed E-state index contributed by atoms with van der Waals surface area (Å²) in [6.45, 7) is 3.23. The fraction of sp³-hybridized carbons (Fsp3) is 0.375. The van der Waals surface area contributed by atoms with Crippen LogP contribution < -0.4 is 5.32 Å². The van der Waals surface area contributed by atoms with E-state index < -0.39 is 0 Å². The van der Waals surface area contributed by atoms with Crippen molar-refractivity contribution in [1.29, 1.82) is 0 Å². The predicted molar refractivity (Wildman–Crippen MR) is 47.9 cm³/mol. The highest BCUT2D eigenvalue weighted by atomic mass is 35.5. The highest BCUT2D eigenvalue weighted by Gasteiger charge is 1.97. The first-order valence-corrected chi connectivity index (χ1v) is 4.14. The van der Waals surface area contributed by atoms with Crippen LogP contribution in [-0.2, 0) is 6.54 Å². The quantitative estimate of drug-likeness (QED) is 0.730. The number of rotatable bonds is 4. The van der Waals surface area contributed by atoms with E-state index in [0.29, 0.717) is 12.4 Å². The predicted octanol–water partition coefficient (Wildman–Crippen LogP) is 1.83. The molecule has 0 saturated heterocycles. The van der Waals surface area contributed by atoms with Crippen molar-refractivity contribution in [2.75, 3.05) is 6.54 Å². The Morgan fingerprint density at radius 3 is 3.17 bits per heavy atom. The first-order valence-electron chi connectivity index (χ1n) is 3.70. The van der Waals surface area contributed by atoms with E-state index in [9.17, 15) is 0 Å². The maximum Gasteiger partial charge on any atom is 0.208 e. The van der Waals surface area contributed by atoms with Crippen LogP contribution in [0.1, 0.15) is 11.7 Å². The molecule has 0 bridgehead atoms. The third-order valence-electron chi connectivity index (χ3n) is 1.30. The Labute approximate surface area is 76.4 Å². The lowest BCUT2D eigenvalue weighted by Gasteiger charge is -1.94. The van der Waals surface area contributed by atoms with Crippen LogP contribution >= 0.6 is 11.6 Å². The lowest BCUT2D eigenvalue weighted by atomic mass is 10.5. The molecular formula is C8H11ClN2O. The van der Waals surface area contributed by atoms with E-state index >= 15 is 0 Å². The number of hydrogen-bond donors (Lipinski definition) is 1. The van der Waals surface area contributed by atoms with Gasteiger partial charge in [-0.15, -0.1) is 0 Å². The van der Waals surface area contributed by atoms with Gasteiger partial charge in [-0.1, -0.05) is 17.7 Å². The maximum absolute atomic E-state index is 5.33. The van der Waals surface area contributed by atoms with Crippen molar-refractivity contribution < 1.29 is 4.42 Å². The Kier molecular flexibility index (Phi) is 3.84. The molecule has 1 aromatic rings. The van der Waals surface area contributed by atoms with Gasteiger partial charge in [0.25, 0.3) is 0 Å². The minimum Gasteiger partial charge on any atom is -0.445 e. The molecule has 1 rings (SSSR count). The van der Waals surface area contributed by atoms with E-state index in [1.165, 1.54) is 5.54 Å². The van der Waals surface area contributed by atoms with Crippen LogP contribution in [0.3, 0.4) is 0 Å². The molecule has 1 heterocycles. The Hall–Kier alpha value is -0.800. The number of halogens is 1. The molecule has 3 nitrogen and oxygen atoms in total. The SMILES string of the molecule is Cc1cnc(CNC/C=C/Cl)o1. The zero-order chi connectivity index (χ0) is 8.81. The number of nitrogens with one attached hydrogen (secondary N) is 1. The number of aryl methyl sites for hydroxylation is 1. The van der Waals surface area contributed by atoms with Crippen molar-refractivity contribution in [2.45, 2.75) is 13.5 Å². The van der Waals surface area contributed by atoms with Crippen LogP contribution in [-0.4, -0.2) is 11.5 Å². The Morgan fingerprint density at radius 1 is 1.75 bits per heavy atom. The molecule has 0 aliphatic rings. The monoisotopic (exact) mass is 186 g/mol. The standard InChI is InChI=1S/C8H11ClN2O/c1-7-5-11-8(12-7)6-10-4-2-3-9/h2-3,5,10H,4,6H2,1H3/b3-2+. The second-order valence-corrected chi connectivity index (χ2v) is 2.61. The van der Waals surface area contributed by atoms with Gasteiger partial charge in [0.15, 0.2) is 0 Å². The topological polar surface area (TPSA) is 38.1 Å². The highest BCUT2D eigenvalue weighted by Crippen LogP contribution is 1.99. The summed E-state index contributed by atoms with van der Waals surface area (Å²) in [5.41, 5.74) is 1.48. The van der Waals surface area contributed by atoms with Gasteiger partial charge in [-0.25, -0.2) is 4.98 Å². The van der Waals surface area contributed by atoms with E-state index in [-0.39, 0.29) is 0 Å². The molecular weight excluding hydrogens is 176 g/mol. The van der Waals surface area contributed by atoms with Gasteiger partial charge in [0, 0.05) is 12.1 Å². The van der Waals surface area contributed by atoms with Crippen molar-refractivity contribution in [1.82, 2.24) is 10.3 Å². The molecule has 1 N–H and O–H groups in total. The first kappa shape index (κ1) is 9.29. The summed E-state index contributed by atoms with van der Waals surface area (Å²) in [5.74, 6) is 1.54. The van der Waals surface area contributed by atoms with Gasteiger partial charge in [-0.2, -0.15) is 0 Å². The van der Waals surface area contributed by atoms with E-state index in [4.69, 9.17) is 16.0 Å². The third kappa shape index (κ3) is 3.07. The van der Waals surface area contributed by atoms with Crippen LogP contribution in [0, 0.1) is 6.92 Å². The Morgan fingerprint density at radius 2 is 2.58 bits per heavy atom. The Bertz CT molecular complexity index is 257. The van der Waals surface area contributed by atoms with Crippen LogP contribution in [0.15, 0.2) is 22.2 Å². The molecule has 12 heavy (non-hydrogen) atoms. The molecule has 0 saturated carbocycles. The van der Waals surface area contributed by atoms with E-state index in [1.54, 1.807) is 6.20 Å². The zero-order valence-electron chi connectivity index (χ0n) is 6.88. The highest BCUT2D eigenvalue weighted by molar-refractivity contribution is 6.25. The van der Waals surface area contributed by atoms with Crippen LogP contribution in [0.5, 0.6) is 0 Å². The molecule has 0 spiro atoms. The van der Waals surface area contributed by atoms with Crippen LogP contribution in [0.4, 0.5) is 0 Å². The summed E-state index contributed by atoms with van der Waals surface area (Å²) in [7, 11) is 0. The summed E-state index contributed by atoms with van der Waals surface area (Å²) in [5, 5.41) is 3.09. The second kappa shape index (κ2) is 4.95. The van der Waals surface area contributed by atoms with Gasteiger partial charge in [-0.05, 0) is 6.92 Å². The van der Waals surface area contributed by atoms with Crippen LogP contribution in [0.2, 0.25) is 0 Å². The molecule has 0 unspecified atom stereocenters. The largest absolute Gasteiger partial charge is 0.445 e. The maximum atomic E-state index is 5.33. The average molecular weight is 187 g/mol. The number of aromatic nitrogens is 1. The molecule has 0 atom stereocenters. The van der Waals surface area contributed by atoms with E-state index in [1.807, 2.05) is 13.0 Å². The number of hydrogen-bond acceptors (Lipinski definition) is 3. The van der Waals surface area contributed by atoms with Crippen molar-refractivity contribution >= 4 is 11.6 Å². The van der Waals surface area contributed by atoms with Crippen LogP contribution in [0.25, 0.3) is 0 Å². The summed E-state index contributed by atoms with van der Waals surface area (Å²) < 4.78 is 5.23. The lowest BCUT2D eigenvalue weighted by molar-refractivity contribution is 0.455. The number of oxazole rings is 1. The smallest absolute Gasteiger partial charge is 0.208 e. The van der Waals surface area contributed by atoms with E-state index in [2.05, 4.69) is 10.3 Å². The van der Waals surface area contributed by atoms with Gasteiger partial charge >= 0.3 is 0 Å². The summed E-state index contributed by atoms with van der Waals surface area (Å²) in [6.07, 6.45) is 3.52. The van der Waals surface area contributed by atoms with Gasteiger partial charge < -0.3 is 9.73 Å². The molecule has 0 amide bonds. The molecule has 0 radical (unpaired) electrons. The number of nitrogens with zero attached hydrogens (tertiary/aromatic N) is 1. The van der Waals surface area contributed by atoms with Gasteiger partial charge in [0.05, 0.1) is 12.7 Å². The molecule has 4 heteroatoms. The van der Waals surface area contributed by atoms with Crippen molar-refractivity contribution in [3.8, 4) is 0 Å². The van der Waals surface area contributed by atoms with Gasteiger partial charge in [-0.3, -0.25) is 0 Å². The molecule has 1 aromatic heterocycles. The molecule has 0 aromatic carbocycles. The second-order valence-electron chi connectivity index (χ2n) is 2.36. The minimum atomic E-state index is 0.634. The fourth-order valence-electron chi connectivity index (χ4n) is 0.790. The van der Waals surface area contributed by atoms with Crippen molar-refractivity contribution in [3.63, 3.8) is 0 Å². The molecule has 0 aliphatic carbocycles. The fourth-order valence-corrected chi connectivity index (χ4v) is 0.879. The summed E-state index contributed by atoms with van der Waals surface area (Å²) in [6, 6.07) is 0. The summed E-state index contributed by atoms with van der Waals surface area (Å²) >= 11 is 5.33. The minimum absolute atomic E-state index is 0.634. The molecule has 66 valence electrons. The van der Waals surface area contributed by atoms with E-state index in [0.717, 1.165) is 12.3 Å². The van der Waals surface area contributed by atoms with Crippen molar-refractivity contribution in [2.24, 2.45) is 0 Å². The van der Waals surface area contributed by atoms with Gasteiger partial charge in [0.1, 0.15) is 5.76 Å². The third-order valence-corrected chi connectivity index (χ3v) is 1.47. The lowest BCUT2D eigenvalue weighted by Crippen LogP contribution is -2.12. The average Bonchev–Trinajstić information content (AvgIpc) is 2.45.